The molecule has 0 radical (unpaired) electrons. The number of ether oxygens (including phenoxy) is 1. The SMILES string of the molecule is O=C(Nc1cc(Cl)ccc1Oc1ccccc1)c1ccc([C@@H]2SCC(=O)N2Cc2ccco2)cc1. The van der Waals surface area contributed by atoms with E-state index in [0.717, 1.165) is 11.3 Å². The van der Waals surface area contributed by atoms with E-state index in [1.807, 2.05) is 54.6 Å². The average molecular weight is 505 g/mol. The number of thioether (sulfide) groups is 1. The fourth-order valence-electron chi connectivity index (χ4n) is 3.77. The minimum atomic E-state index is -0.292. The number of hydrogen-bond acceptors (Lipinski definition) is 5. The lowest BCUT2D eigenvalue weighted by molar-refractivity contribution is -0.128. The topological polar surface area (TPSA) is 71.8 Å². The Morgan fingerprint density at radius 1 is 1.06 bits per heavy atom. The molecule has 0 unspecified atom stereocenters. The van der Waals surface area contributed by atoms with Gasteiger partial charge >= 0.3 is 0 Å². The Balaban J connectivity index is 1.31. The highest BCUT2D eigenvalue weighted by molar-refractivity contribution is 8.00. The van der Waals surface area contributed by atoms with Gasteiger partial charge in [0.15, 0.2) is 5.75 Å². The van der Waals surface area contributed by atoms with Gasteiger partial charge in [0, 0.05) is 10.6 Å². The molecule has 1 aliphatic rings. The standard InChI is InChI=1S/C27H21ClN2O4S/c28-20-12-13-24(34-21-5-2-1-3-6-21)23(15-20)29-26(32)18-8-10-19(11-9-18)27-30(25(31)17-35-27)16-22-7-4-14-33-22/h1-15,27H,16-17H2,(H,29,32)/t27-/m0/s1. The van der Waals surface area contributed by atoms with Gasteiger partial charge in [-0.2, -0.15) is 0 Å². The van der Waals surface area contributed by atoms with E-state index in [0.29, 0.717) is 40.1 Å². The molecule has 0 aliphatic carbocycles. The Morgan fingerprint density at radius 2 is 1.86 bits per heavy atom. The van der Waals surface area contributed by atoms with Gasteiger partial charge < -0.3 is 19.4 Å². The van der Waals surface area contributed by atoms with Gasteiger partial charge in [-0.1, -0.05) is 41.9 Å². The van der Waals surface area contributed by atoms with Crippen molar-refractivity contribution in [3.63, 3.8) is 0 Å². The highest BCUT2D eigenvalue weighted by Crippen LogP contribution is 2.40. The summed E-state index contributed by atoms with van der Waals surface area (Å²) in [7, 11) is 0. The van der Waals surface area contributed by atoms with Crippen LogP contribution in [0.3, 0.4) is 0 Å². The van der Waals surface area contributed by atoms with E-state index >= 15 is 0 Å². The molecule has 176 valence electrons. The fraction of sp³-hybridized carbons (Fsp3) is 0.111. The predicted octanol–water partition coefficient (Wildman–Crippen LogP) is 6.75. The number of carbonyl (C=O) groups is 2. The minimum Gasteiger partial charge on any atom is -0.467 e. The number of benzene rings is 3. The maximum atomic E-state index is 13.0. The molecule has 6 nitrogen and oxygen atoms in total. The van der Waals surface area contributed by atoms with Gasteiger partial charge in [-0.25, -0.2) is 0 Å². The van der Waals surface area contributed by atoms with Gasteiger partial charge in [0.25, 0.3) is 5.91 Å². The molecule has 0 spiro atoms. The summed E-state index contributed by atoms with van der Waals surface area (Å²) in [6.07, 6.45) is 1.60. The Hall–Kier alpha value is -3.68. The first-order valence-electron chi connectivity index (χ1n) is 10.9. The number of anilines is 1. The van der Waals surface area contributed by atoms with Gasteiger partial charge in [-0.15, -0.1) is 11.8 Å². The van der Waals surface area contributed by atoms with Crippen LogP contribution < -0.4 is 10.1 Å². The van der Waals surface area contributed by atoms with Gasteiger partial charge in [-0.05, 0) is 60.2 Å². The van der Waals surface area contributed by atoms with Crippen molar-refractivity contribution in [2.24, 2.45) is 0 Å². The van der Waals surface area contributed by atoms with Crippen LogP contribution in [0.4, 0.5) is 5.69 Å². The highest BCUT2D eigenvalue weighted by Gasteiger charge is 2.33. The first-order chi connectivity index (χ1) is 17.1. The molecule has 1 aliphatic heterocycles. The Morgan fingerprint density at radius 3 is 2.60 bits per heavy atom. The number of hydrogen-bond donors (Lipinski definition) is 1. The van der Waals surface area contributed by atoms with Crippen LogP contribution >= 0.6 is 23.4 Å². The number of amides is 2. The molecule has 8 heteroatoms. The zero-order valence-electron chi connectivity index (χ0n) is 18.5. The Bertz CT molecular complexity index is 1330. The van der Waals surface area contributed by atoms with Crippen LogP contribution in [0.2, 0.25) is 5.02 Å². The molecular formula is C27H21ClN2O4S. The highest BCUT2D eigenvalue weighted by atomic mass is 35.5. The van der Waals surface area contributed by atoms with Crippen molar-refractivity contribution >= 4 is 40.9 Å². The summed E-state index contributed by atoms with van der Waals surface area (Å²) in [6.45, 7) is 0.407. The number of rotatable bonds is 7. The maximum Gasteiger partial charge on any atom is 0.255 e. The van der Waals surface area contributed by atoms with E-state index in [1.165, 1.54) is 0 Å². The van der Waals surface area contributed by atoms with E-state index in [2.05, 4.69) is 5.32 Å². The normalized spacial score (nSPS) is 15.3. The molecule has 4 aromatic rings. The summed E-state index contributed by atoms with van der Waals surface area (Å²) in [4.78, 5) is 27.2. The van der Waals surface area contributed by atoms with Crippen molar-refractivity contribution in [1.29, 1.82) is 0 Å². The van der Waals surface area contributed by atoms with Crippen molar-refractivity contribution in [3.05, 3.63) is 113 Å². The number of halogens is 1. The molecular weight excluding hydrogens is 484 g/mol. The zero-order chi connectivity index (χ0) is 24.2. The summed E-state index contributed by atoms with van der Waals surface area (Å²) >= 11 is 7.73. The third kappa shape index (κ3) is 5.37. The van der Waals surface area contributed by atoms with Crippen LogP contribution in [0.25, 0.3) is 0 Å². The monoisotopic (exact) mass is 504 g/mol. The van der Waals surface area contributed by atoms with Crippen LogP contribution in [0.5, 0.6) is 11.5 Å². The van der Waals surface area contributed by atoms with Crippen LogP contribution in [0, 0.1) is 0 Å². The Labute approximate surface area is 211 Å². The summed E-state index contributed by atoms with van der Waals surface area (Å²) in [5.74, 6) is 2.05. The van der Waals surface area contributed by atoms with E-state index in [-0.39, 0.29) is 17.2 Å². The van der Waals surface area contributed by atoms with Crippen LogP contribution in [0.15, 0.2) is 95.6 Å². The smallest absolute Gasteiger partial charge is 0.255 e. The van der Waals surface area contributed by atoms with Crippen LogP contribution in [-0.2, 0) is 11.3 Å². The molecule has 1 fully saturated rings. The summed E-state index contributed by atoms with van der Waals surface area (Å²) in [6, 6.07) is 25.3. The van der Waals surface area contributed by atoms with Gasteiger partial charge in [-0.3, -0.25) is 9.59 Å². The van der Waals surface area contributed by atoms with Crippen molar-refractivity contribution in [2.75, 3.05) is 11.1 Å². The van der Waals surface area contributed by atoms with E-state index in [4.69, 9.17) is 20.8 Å². The summed E-state index contributed by atoms with van der Waals surface area (Å²) < 4.78 is 11.3. The van der Waals surface area contributed by atoms with Crippen molar-refractivity contribution < 1.29 is 18.7 Å². The van der Waals surface area contributed by atoms with Crippen LogP contribution in [0.1, 0.15) is 27.1 Å². The molecule has 2 amide bonds. The molecule has 0 saturated carbocycles. The van der Waals surface area contributed by atoms with Crippen molar-refractivity contribution in [1.82, 2.24) is 4.90 Å². The van der Waals surface area contributed by atoms with Crippen molar-refractivity contribution in [2.45, 2.75) is 11.9 Å². The molecule has 5 rings (SSSR count). The van der Waals surface area contributed by atoms with E-state index in [1.54, 1.807) is 53.3 Å². The number of nitrogens with zero attached hydrogens (tertiary/aromatic N) is 1. The average Bonchev–Trinajstić information content (AvgIpc) is 3.52. The largest absolute Gasteiger partial charge is 0.467 e. The molecule has 1 N–H and O–H groups in total. The molecule has 1 saturated heterocycles. The Kier molecular flexibility index (Phi) is 6.79. The first kappa shape index (κ1) is 23.1. The molecule has 1 aromatic heterocycles. The second-order valence-electron chi connectivity index (χ2n) is 7.90. The molecule has 35 heavy (non-hydrogen) atoms. The quantitative estimate of drug-likeness (QED) is 0.301. The van der Waals surface area contributed by atoms with Gasteiger partial charge in [0.2, 0.25) is 5.91 Å². The second-order valence-corrected chi connectivity index (χ2v) is 9.40. The number of para-hydroxylation sites is 1. The van der Waals surface area contributed by atoms with Gasteiger partial charge in [0.05, 0.1) is 24.2 Å². The minimum absolute atomic E-state index is 0.0603. The fourth-order valence-corrected chi connectivity index (χ4v) is 5.13. The maximum absolute atomic E-state index is 13.0. The molecule has 3 aromatic carbocycles. The first-order valence-corrected chi connectivity index (χ1v) is 12.4. The van der Waals surface area contributed by atoms with E-state index < -0.39 is 0 Å². The number of nitrogens with one attached hydrogen (secondary N) is 1. The van der Waals surface area contributed by atoms with E-state index in [9.17, 15) is 9.59 Å². The zero-order valence-corrected chi connectivity index (χ0v) is 20.1. The third-order valence-corrected chi connectivity index (χ3v) is 6.98. The second kappa shape index (κ2) is 10.3. The number of carbonyl (C=O) groups excluding carboxylic acids is 2. The molecule has 0 bridgehead atoms. The lowest BCUT2D eigenvalue weighted by Crippen LogP contribution is -2.27. The van der Waals surface area contributed by atoms with Gasteiger partial charge in [0.1, 0.15) is 16.9 Å². The molecule has 2 heterocycles. The lowest BCUT2D eigenvalue weighted by atomic mass is 10.1. The van der Waals surface area contributed by atoms with Crippen molar-refractivity contribution in [3.8, 4) is 11.5 Å². The molecule has 1 atom stereocenters. The third-order valence-electron chi connectivity index (χ3n) is 5.49. The predicted molar refractivity (Wildman–Crippen MR) is 137 cm³/mol. The lowest BCUT2D eigenvalue weighted by Gasteiger charge is -2.23. The summed E-state index contributed by atoms with van der Waals surface area (Å²) in [5.41, 5.74) is 1.89. The summed E-state index contributed by atoms with van der Waals surface area (Å²) in [5, 5.41) is 3.24. The van der Waals surface area contributed by atoms with Crippen LogP contribution in [-0.4, -0.2) is 22.5 Å². The number of furan rings is 1.